The van der Waals surface area contributed by atoms with E-state index < -0.39 is 5.97 Å². The van der Waals surface area contributed by atoms with Crippen molar-refractivity contribution < 1.29 is 27.0 Å². The van der Waals surface area contributed by atoms with Crippen molar-refractivity contribution in [3.63, 3.8) is 0 Å². The van der Waals surface area contributed by atoms with Gasteiger partial charge in [0.15, 0.2) is 0 Å². The van der Waals surface area contributed by atoms with E-state index in [2.05, 4.69) is 6.07 Å². The molecule has 1 aromatic rings. The van der Waals surface area contributed by atoms with Crippen LogP contribution in [0, 0.1) is 6.07 Å². The second-order valence-electron chi connectivity index (χ2n) is 1.59. The minimum Gasteiger partial charge on any atom is -0.478 e. The molecule has 0 unspecified atom stereocenters. The molecule has 0 spiro atoms. The van der Waals surface area contributed by atoms with E-state index in [4.69, 9.17) is 5.11 Å². The predicted octanol–water partition coefficient (Wildman–Crippen LogP) is 1.18. The van der Waals surface area contributed by atoms with E-state index in [9.17, 15) is 4.79 Å². The summed E-state index contributed by atoms with van der Waals surface area (Å²) < 4.78 is 0. The smallest absolute Gasteiger partial charge is 0.335 e. The van der Waals surface area contributed by atoms with Crippen LogP contribution in [0.15, 0.2) is 24.3 Å². The number of benzene rings is 1. The minimum atomic E-state index is -0.899. The van der Waals surface area contributed by atoms with Crippen LogP contribution in [-0.2, 0) is 17.1 Å². The fourth-order valence-electron chi connectivity index (χ4n) is 0.529. The van der Waals surface area contributed by atoms with Gasteiger partial charge < -0.3 is 5.11 Å². The van der Waals surface area contributed by atoms with Gasteiger partial charge in [0.05, 0.1) is 5.56 Å². The van der Waals surface area contributed by atoms with Crippen molar-refractivity contribution in [2.75, 3.05) is 0 Å². The summed E-state index contributed by atoms with van der Waals surface area (Å²) in [7, 11) is 0. The quantitative estimate of drug-likeness (QED) is 0.654. The number of hydrogen-bond acceptors (Lipinski definition) is 1. The maximum absolute atomic E-state index is 10.2. The molecule has 1 N–H and O–H groups in total. The fraction of sp³-hybridized carbons (Fsp3) is 0. The zero-order chi connectivity index (χ0) is 6.69. The summed E-state index contributed by atoms with van der Waals surface area (Å²) >= 11 is 0. The van der Waals surface area contributed by atoms with Crippen molar-refractivity contribution >= 4 is 5.97 Å². The molecule has 0 aromatic heterocycles. The Bertz CT molecular complexity index is 208. The number of hydrogen-bond donors (Lipinski definition) is 1. The van der Waals surface area contributed by atoms with Gasteiger partial charge in [-0.3, -0.25) is 0 Å². The van der Waals surface area contributed by atoms with Crippen LogP contribution in [0.5, 0.6) is 0 Å². The van der Waals surface area contributed by atoms with Crippen LogP contribution in [0.3, 0.4) is 0 Å². The van der Waals surface area contributed by atoms with Crippen molar-refractivity contribution in [2.45, 2.75) is 0 Å². The van der Waals surface area contributed by atoms with E-state index in [0.29, 0.717) is 5.56 Å². The maximum atomic E-state index is 10.2. The molecule has 0 aliphatic carbocycles. The van der Waals surface area contributed by atoms with E-state index >= 15 is 0 Å². The number of aromatic carboxylic acids is 1. The van der Waals surface area contributed by atoms with Gasteiger partial charge in [0.1, 0.15) is 0 Å². The third-order valence-electron chi connectivity index (χ3n) is 0.965. The molecule has 0 aliphatic rings. The van der Waals surface area contributed by atoms with Crippen molar-refractivity contribution in [2.24, 2.45) is 0 Å². The molecule has 0 atom stereocenters. The van der Waals surface area contributed by atoms with E-state index in [-0.39, 0.29) is 17.1 Å². The van der Waals surface area contributed by atoms with Gasteiger partial charge in [-0.1, -0.05) is 12.1 Å². The number of rotatable bonds is 1. The molecule has 10 heavy (non-hydrogen) atoms. The van der Waals surface area contributed by atoms with E-state index in [1.807, 2.05) is 0 Å². The first-order valence-electron chi connectivity index (χ1n) is 2.50. The van der Waals surface area contributed by atoms with Gasteiger partial charge >= 0.3 is 5.97 Å². The summed E-state index contributed by atoms with van der Waals surface area (Å²) in [5.41, 5.74) is 0.300. The van der Waals surface area contributed by atoms with Crippen LogP contribution < -0.4 is 0 Å². The standard InChI is InChI=1S/C7H5O2.Fe/c8-7(9)6-4-2-1-3-5-6;/h2-5H,(H,8,9);. The van der Waals surface area contributed by atoms with Crippen molar-refractivity contribution in [3.05, 3.63) is 35.9 Å². The SMILES string of the molecule is O=C(O)c1cc[c]cc1.[Fe]. The Hall–Kier alpha value is -0.791. The predicted molar refractivity (Wildman–Crippen MR) is 32.2 cm³/mol. The normalized spacial score (nSPS) is 8.00. The first kappa shape index (κ1) is 9.21. The zero-order valence-corrected chi connectivity index (χ0v) is 6.12. The molecule has 0 saturated carbocycles. The van der Waals surface area contributed by atoms with E-state index in [1.165, 1.54) is 12.1 Å². The number of carboxylic acids is 1. The molecule has 3 heteroatoms. The molecule has 53 valence electrons. The molecular formula is C7H5FeO2. The molecule has 2 nitrogen and oxygen atoms in total. The summed E-state index contributed by atoms with van der Waals surface area (Å²) in [6.45, 7) is 0. The second kappa shape index (κ2) is 4.09. The van der Waals surface area contributed by atoms with E-state index in [1.54, 1.807) is 12.1 Å². The van der Waals surface area contributed by atoms with Gasteiger partial charge in [0.2, 0.25) is 0 Å². The summed E-state index contributed by atoms with van der Waals surface area (Å²) in [4.78, 5) is 10.2. The molecule has 0 saturated heterocycles. The molecule has 0 heterocycles. The van der Waals surface area contributed by atoms with Gasteiger partial charge in [-0.05, 0) is 18.2 Å². The van der Waals surface area contributed by atoms with Crippen LogP contribution in [0.2, 0.25) is 0 Å². The average Bonchev–Trinajstić information content (AvgIpc) is 1.90. The van der Waals surface area contributed by atoms with Crippen molar-refractivity contribution in [1.29, 1.82) is 0 Å². The third kappa shape index (κ3) is 2.21. The van der Waals surface area contributed by atoms with Crippen LogP contribution in [0.4, 0.5) is 0 Å². The van der Waals surface area contributed by atoms with Gasteiger partial charge in [0, 0.05) is 17.1 Å². The molecule has 0 amide bonds. The van der Waals surface area contributed by atoms with E-state index in [0.717, 1.165) is 0 Å². The third-order valence-corrected chi connectivity index (χ3v) is 0.965. The van der Waals surface area contributed by atoms with Crippen LogP contribution in [0.1, 0.15) is 10.4 Å². The summed E-state index contributed by atoms with van der Waals surface area (Å²) in [5.74, 6) is -0.899. The average molecular weight is 177 g/mol. The molecule has 0 fully saturated rings. The Labute approximate surface area is 69.3 Å². The number of carboxylic acid groups (broad SMARTS) is 1. The van der Waals surface area contributed by atoms with Gasteiger partial charge in [-0.15, -0.1) is 0 Å². The van der Waals surface area contributed by atoms with Gasteiger partial charge in [0.25, 0.3) is 0 Å². The topological polar surface area (TPSA) is 37.3 Å². The Morgan fingerprint density at radius 3 is 2.20 bits per heavy atom. The Morgan fingerprint density at radius 1 is 1.40 bits per heavy atom. The van der Waals surface area contributed by atoms with Crippen LogP contribution in [0.25, 0.3) is 0 Å². The molecule has 0 aliphatic heterocycles. The minimum absolute atomic E-state index is 0. The maximum Gasteiger partial charge on any atom is 0.335 e. The Balaban J connectivity index is 0.000000810. The Kier molecular flexibility index (Phi) is 3.77. The summed E-state index contributed by atoms with van der Waals surface area (Å²) in [5, 5.41) is 8.37. The van der Waals surface area contributed by atoms with Crippen molar-refractivity contribution in [1.82, 2.24) is 0 Å². The summed E-state index contributed by atoms with van der Waals surface area (Å²) in [6, 6.07) is 8.87. The first-order valence-corrected chi connectivity index (χ1v) is 2.50. The fourth-order valence-corrected chi connectivity index (χ4v) is 0.529. The second-order valence-corrected chi connectivity index (χ2v) is 1.59. The van der Waals surface area contributed by atoms with Crippen LogP contribution >= 0.6 is 0 Å². The molecule has 1 rings (SSSR count). The Morgan fingerprint density at radius 2 is 1.90 bits per heavy atom. The zero-order valence-electron chi connectivity index (χ0n) is 5.02. The summed E-state index contributed by atoms with van der Waals surface area (Å²) in [6.07, 6.45) is 0. The molecule has 0 bridgehead atoms. The van der Waals surface area contributed by atoms with Crippen LogP contribution in [-0.4, -0.2) is 11.1 Å². The monoisotopic (exact) mass is 177 g/mol. The molecule has 1 aromatic carbocycles. The molecular weight excluding hydrogens is 172 g/mol. The van der Waals surface area contributed by atoms with Gasteiger partial charge in [-0.25, -0.2) is 4.79 Å². The number of carbonyl (C=O) groups is 1. The largest absolute Gasteiger partial charge is 0.478 e. The first-order chi connectivity index (χ1) is 4.30. The van der Waals surface area contributed by atoms with Gasteiger partial charge in [-0.2, -0.15) is 0 Å². The van der Waals surface area contributed by atoms with Crippen molar-refractivity contribution in [3.8, 4) is 0 Å². The molecule has 1 radical (unpaired) electrons.